The highest BCUT2D eigenvalue weighted by molar-refractivity contribution is 5.38. The molecule has 0 radical (unpaired) electrons. The topological polar surface area (TPSA) is 29.5 Å². The summed E-state index contributed by atoms with van der Waals surface area (Å²) < 4.78 is 44.8. The minimum atomic E-state index is -4.18. The molecule has 1 aromatic carbocycles. The first-order chi connectivity index (χ1) is 9.40. The molecule has 1 heterocycles. The van der Waals surface area contributed by atoms with E-state index in [-0.39, 0.29) is 19.3 Å². The largest absolute Gasteiger partial charge is 0.487 e. The van der Waals surface area contributed by atoms with Crippen LogP contribution in [0.5, 0.6) is 5.75 Å². The van der Waals surface area contributed by atoms with Crippen LogP contribution in [0.15, 0.2) is 24.3 Å². The molecule has 2 aliphatic rings. The highest BCUT2D eigenvalue weighted by Crippen LogP contribution is 2.50. The molecule has 5 heteroatoms. The standard InChI is InChI=1S/C15H17F3O2/c16-15(17,18)10-4-3-7-14(8-10)9-12(19)11-5-1-2-6-13(11)20-14/h1-2,5-6,10,12,19H,3-4,7-9H2/t10?,12-,14?/m0/s1. The van der Waals surface area contributed by atoms with Gasteiger partial charge in [-0.1, -0.05) is 18.2 Å². The van der Waals surface area contributed by atoms with Gasteiger partial charge < -0.3 is 9.84 Å². The van der Waals surface area contributed by atoms with Crippen LogP contribution in [0.4, 0.5) is 13.2 Å². The lowest BCUT2D eigenvalue weighted by molar-refractivity contribution is -0.201. The molecule has 1 spiro atoms. The monoisotopic (exact) mass is 286 g/mol. The number of benzene rings is 1. The first-order valence-corrected chi connectivity index (χ1v) is 6.92. The molecule has 0 aromatic heterocycles. The van der Waals surface area contributed by atoms with Crippen LogP contribution in [-0.2, 0) is 0 Å². The van der Waals surface area contributed by atoms with Crippen LogP contribution in [0, 0.1) is 5.92 Å². The van der Waals surface area contributed by atoms with Crippen LogP contribution in [-0.4, -0.2) is 16.9 Å². The zero-order chi connectivity index (χ0) is 14.4. The maximum Gasteiger partial charge on any atom is 0.391 e. The number of halogens is 3. The second-order valence-electron chi connectivity index (χ2n) is 5.88. The van der Waals surface area contributed by atoms with Crippen molar-refractivity contribution in [3.8, 4) is 5.75 Å². The van der Waals surface area contributed by atoms with Crippen molar-refractivity contribution < 1.29 is 23.0 Å². The summed E-state index contributed by atoms with van der Waals surface area (Å²) in [6.07, 6.45) is -3.51. The van der Waals surface area contributed by atoms with E-state index in [2.05, 4.69) is 0 Å². The molecule has 1 fully saturated rings. The number of aliphatic hydroxyl groups excluding tert-OH is 1. The fourth-order valence-corrected chi connectivity index (χ4v) is 3.47. The maximum absolute atomic E-state index is 13.0. The number of ether oxygens (including phenoxy) is 1. The average Bonchev–Trinajstić information content (AvgIpc) is 2.37. The Morgan fingerprint density at radius 2 is 1.95 bits per heavy atom. The first kappa shape index (κ1) is 13.7. The van der Waals surface area contributed by atoms with E-state index in [1.54, 1.807) is 24.3 Å². The minimum absolute atomic E-state index is 0.0537. The number of rotatable bonds is 0. The van der Waals surface area contributed by atoms with E-state index in [4.69, 9.17) is 4.74 Å². The van der Waals surface area contributed by atoms with Crippen molar-refractivity contribution in [2.45, 2.75) is 50.0 Å². The van der Waals surface area contributed by atoms with E-state index >= 15 is 0 Å². The molecule has 1 aromatic rings. The van der Waals surface area contributed by atoms with Gasteiger partial charge in [0.1, 0.15) is 11.4 Å². The summed E-state index contributed by atoms with van der Waals surface area (Å²) in [5, 5.41) is 10.2. The van der Waals surface area contributed by atoms with E-state index in [1.807, 2.05) is 0 Å². The highest BCUT2D eigenvalue weighted by Gasteiger charge is 2.51. The number of para-hydroxylation sites is 1. The quantitative estimate of drug-likeness (QED) is 0.781. The number of fused-ring (bicyclic) bond motifs is 1. The molecule has 2 unspecified atom stereocenters. The van der Waals surface area contributed by atoms with Gasteiger partial charge >= 0.3 is 6.18 Å². The minimum Gasteiger partial charge on any atom is -0.487 e. The third-order valence-electron chi connectivity index (χ3n) is 4.44. The Morgan fingerprint density at radius 1 is 1.20 bits per heavy atom. The van der Waals surface area contributed by atoms with Crippen molar-refractivity contribution >= 4 is 0 Å². The van der Waals surface area contributed by atoms with Gasteiger partial charge in [-0.2, -0.15) is 13.2 Å². The summed E-state index contributed by atoms with van der Waals surface area (Å²) in [5.74, 6) is -0.803. The summed E-state index contributed by atoms with van der Waals surface area (Å²) in [4.78, 5) is 0. The average molecular weight is 286 g/mol. The maximum atomic E-state index is 13.0. The third kappa shape index (κ3) is 2.39. The van der Waals surface area contributed by atoms with Gasteiger partial charge in [0.05, 0.1) is 12.0 Å². The lowest BCUT2D eigenvalue weighted by Crippen LogP contribution is -2.47. The zero-order valence-electron chi connectivity index (χ0n) is 11.0. The molecule has 20 heavy (non-hydrogen) atoms. The van der Waals surface area contributed by atoms with E-state index < -0.39 is 23.8 Å². The van der Waals surface area contributed by atoms with Crippen molar-refractivity contribution in [2.75, 3.05) is 0 Å². The fourth-order valence-electron chi connectivity index (χ4n) is 3.47. The van der Waals surface area contributed by atoms with Gasteiger partial charge in [-0.3, -0.25) is 0 Å². The van der Waals surface area contributed by atoms with Crippen LogP contribution in [0.2, 0.25) is 0 Å². The van der Waals surface area contributed by atoms with Crippen molar-refractivity contribution in [1.82, 2.24) is 0 Å². The Bertz CT molecular complexity index is 500. The van der Waals surface area contributed by atoms with Crippen LogP contribution < -0.4 is 4.74 Å². The SMILES string of the molecule is O[C@H]1CC2(CCCC(C(F)(F)F)C2)Oc2ccccc21. The Hall–Kier alpha value is -1.23. The van der Waals surface area contributed by atoms with Crippen molar-refractivity contribution in [3.05, 3.63) is 29.8 Å². The second kappa shape index (κ2) is 4.65. The Labute approximate surface area is 115 Å². The summed E-state index contributed by atoms with van der Waals surface area (Å²) in [5.41, 5.74) is -0.195. The molecule has 2 nitrogen and oxygen atoms in total. The molecule has 1 aliphatic heterocycles. The molecule has 0 saturated heterocycles. The molecule has 1 saturated carbocycles. The van der Waals surface area contributed by atoms with E-state index in [1.165, 1.54) is 0 Å². The van der Waals surface area contributed by atoms with Crippen LogP contribution in [0.3, 0.4) is 0 Å². The van der Waals surface area contributed by atoms with Crippen LogP contribution in [0.25, 0.3) is 0 Å². The smallest absolute Gasteiger partial charge is 0.391 e. The summed E-state index contributed by atoms with van der Waals surface area (Å²) in [7, 11) is 0. The van der Waals surface area contributed by atoms with Crippen molar-refractivity contribution in [2.24, 2.45) is 5.92 Å². The lowest BCUT2D eigenvalue weighted by Gasteiger charge is -2.45. The van der Waals surface area contributed by atoms with Gasteiger partial charge in [0.25, 0.3) is 0 Å². The van der Waals surface area contributed by atoms with Gasteiger partial charge in [-0.15, -0.1) is 0 Å². The molecule has 110 valence electrons. The molecule has 0 bridgehead atoms. The predicted molar refractivity (Wildman–Crippen MR) is 67.4 cm³/mol. The molecule has 0 amide bonds. The van der Waals surface area contributed by atoms with Gasteiger partial charge in [0, 0.05) is 12.0 Å². The number of hydrogen-bond donors (Lipinski definition) is 1. The van der Waals surface area contributed by atoms with Gasteiger partial charge in [-0.25, -0.2) is 0 Å². The summed E-state index contributed by atoms with van der Waals surface area (Å²) in [6.45, 7) is 0. The van der Waals surface area contributed by atoms with Gasteiger partial charge in [0.15, 0.2) is 0 Å². The number of aliphatic hydroxyl groups is 1. The van der Waals surface area contributed by atoms with Crippen LogP contribution >= 0.6 is 0 Å². The first-order valence-electron chi connectivity index (χ1n) is 6.92. The Morgan fingerprint density at radius 3 is 2.70 bits per heavy atom. The molecule has 1 aliphatic carbocycles. The van der Waals surface area contributed by atoms with E-state index in [0.717, 1.165) is 0 Å². The molecule has 3 atom stereocenters. The van der Waals surface area contributed by atoms with E-state index in [0.29, 0.717) is 24.2 Å². The van der Waals surface area contributed by atoms with Gasteiger partial charge in [0.2, 0.25) is 0 Å². The lowest BCUT2D eigenvalue weighted by atomic mass is 9.73. The number of hydrogen-bond acceptors (Lipinski definition) is 2. The normalized spacial score (nSPS) is 33.6. The molecule has 3 rings (SSSR count). The van der Waals surface area contributed by atoms with Crippen LogP contribution in [0.1, 0.15) is 43.8 Å². The molecular weight excluding hydrogens is 269 g/mol. The summed E-state index contributed by atoms with van der Waals surface area (Å²) >= 11 is 0. The molecular formula is C15H17F3O2. The second-order valence-corrected chi connectivity index (χ2v) is 5.88. The van der Waals surface area contributed by atoms with Gasteiger partial charge in [-0.05, 0) is 31.7 Å². The fraction of sp³-hybridized carbons (Fsp3) is 0.600. The Kier molecular flexibility index (Phi) is 3.20. The van der Waals surface area contributed by atoms with E-state index in [9.17, 15) is 18.3 Å². The Balaban J connectivity index is 1.87. The van der Waals surface area contributed by atoms with Crippen molar-refractivity contribution in [1.29, 1.82) is 0 Å². The molecule has 1 N–H and O–H groups in total. The summed E-state index contributed by atoms with van der Waals surface area (Å²) in [6, 6.07) is 7.05. The zero-order valence-corrected chi connectivity index (χ0v) is 11.0. The highest BCUT2D eigenvalue weighted by atomic mass is 19.4. The number of alkyl halides is 3. The third-order valence-corrected chi connectivity index (χ3v) is 4.44. The van der Waals surface area contributed by atoms with Crippen molar-refractivity contribution in [3.63, 3.8) is 0 Å². The predicted octanol–water partition coefficient (Wildman–Crippen LogP) is 3.99.